The highest BCUT2D eigenvalue weighted by molar-refractivity contribution is 5.89. The number of carboxylic acid groups (broad SMARTS) is 1. The van der Waals surface area contributed by atoms with E-state index in [1.54, 1.807) is 23.1 Å². The summed E-state index contributed by atoms with van der Waals surface area (Å²) in [5.74, 6) is -2.34. The second-order valence-corrected chi connectivity index (χ2v) is 5.58. The van der Waals surface area contributed by atoms with Gasteiger partial charge in [-0.3, -0.25) is 9.59 Å². The van der Waals surface area contributed by atoms with Gasteiger partial charge in [-0.1, -0.05) is 18.2 Å². The summed E-state index contributed by atoms with van der Waals surface area (Å²) < 4.78 is 13.7. The Labute approximate surface area is 116 Å². The van der Waals surface area contributed by atoms with Gasteiger partial charge in [-0.05, 0) is 25.3 Å². The van der Waals surface area contributed by atoms with Crippen LogP contribution in [0.25, 0.3) is 0 Å². The number of hydrogen-bond donors (Lipinski definition) is 1. The van der Waals surface area contributed by atoms with Crippen LogP contribution in [0, 0.1) is 17.7 Å². The lowest BCUT2D eigenvalue weighted by atomic mass is 10.1. The molecule has 0 radical (unpaired) electrons. The Morgan fingerprint density at radius 2 is 1.95 bits per heavy atom. The molecule has 106 valence electrons. The summed E-state index contributed by atoms with van der Waals surface area (Å²) in [7, 11) is 0. The van der Waals surface area contributed by atoms with Gasteiger partial charge in [-0.15, -0.1) is 0 Å². The number of hydrogen-bond acceptors (Lipinski definition) is 2. The lowest BCUT2D eigenvalue weighted by Gasteiger charge is -2.23. The van der Waals surface area contributed by atoms with Crippen LogP contribution in [0.5, 0.6) is 0 Å². The molecule has 3 rings (SSSR count). The van der Waals surface area contributed by atoms with E-state index in [2.05, 4.69) is 0 Å². The molecule has 2 aliphatic carbocycles. The third-order valence-electron chi connectivity index (χ3n) is 3.99. The van der Waals surface area contributed by atoms with E-state index in [1.165, 1.54) is 6.07 Å². The van der Waals surface area contributed by atoms with Gasteiger partial charge in [0.2, 0.25) is 5.91 Å². The first kappa shape index (κ1) is 13.1. The summed E-state index contributed by atoms with van der Waals surface area (Å²) in [6.07, 6.45) is 2.25. The third kappa shape index (κ3) is 2.53. The van der Waals surface area contributed by atoms with E-state index >= 15 is 0 Å². The van der Waals surface area contributed by atoms with Crippen molar-refractivity contribution < 1.29 is 19.1 Å². The second-order valence-electron chi connectivity index (χ2n) is 5.58. The van der Waals surface area contributed by atoms with Gasteiger partial charge < -0.3 is 10.0 Å². The summed E-state index contributed by atoms with van der Waals surface area (Å²) in [6, 6.07) is 6.55. The fourth-order valence-electron chi connectivity index (χ4n) is 2.54. The van der Waals surface area contributed by atoms with Gasteiger partial charge in [0.15, 0.2) is 0 Å². The number of carboxylic acids is 1. The zero-order valence-corrected chi connectivity index (χ0v) is 11.0. The minimum absolute atomic E-state index is 0.136. The van der Waals surface area contributed by atoms with Crippen LogP contribution in [0.4, 0.5) is 4.39 Å². The number of rotatable bonds is 5. The summed E-state index contributed by atoms with van der Waals surface area (Å²) in [6.45, 7) is 0.235. The van der Waals surface area contributed by atoms with Crippen molar-refractivity contribution in [3.05, 3.63) is 35.6 Å². The lowest BCUT2D eigenvalue weighted by molar-refractivity contribution is -0.142. The SMILES string of the molecule is O=C(O)[C@H]1C[C@H]1C(=O)N(Cc1ccccc1F)C1CC1. The fourth-order valence-corrected chi connectivity index (χ4v) is 2.54. The molecule has 1 aromatic rings. The molecule has 2 fully saturated rings. The van der Waals surface area contributed by atoms with Crippen molar-refractivity contribution in [1.29, 1.82) is 0 Å². The van der Waals surface area contributed by atoms with E-state index in [-0.39, 0.29) is 24.3 Å². The number of carbonyl (C=O) groups is 2. The molecule has 2 aliphatic rings. The van der Waals surface area contributed by atoms with Crippen molar-refractivity contribution in [2.24, 2.45) is 11.8 Å². The first-order chi connectivity index (χ1) is 9.58. The van der Waals surface area contributed by atoms with Gasteiger partial charge in [-0.2, -0.15) is 0 Å². The Bertz CT molecular complexity index is 556. The van der Waals surface area contributed by atoms with Crippen LogP contribution < -0.4 is 0 Å². The zero-order chi connectivity index (χ0) is 14.3. The quantitative estimate of drug-likeness (QED) is 0.896. The molecule has 0 saturated heterocycles. The Hall–Kier alpha value is -1.91. The molecule has 1 N–H and O–H groups in total. The molecular formula is C15H16FNO3. The summed E-state index contributed by atoms with van der Waals surface area (Å²) in [5.41, 5.74) is 0.486. The monoisotopic (exact) mass is 277 g/mol. The number of halogens is 1. The van der Waals surface area contributed by atoms with Crippen LogP contribution in [-0.2, 0) is 16.1 Å². The minimum atomic E-state index is -0.912. The Kier molecular flexibility index (Phi) is 3.20. The Balaban J connectivity index is 1.72. The molecular weight excluding hydrogens is 261 g/mol. The largest absolute Gasteiger partial charge is 0.481 e. The van der Waals surface area contributed by atoms with Crippen LogP contribution in [-0.4, -0.2) is 27.9 Å². The van der Waals surface area contributed by atoms with Crippen LogP contribution >= 0.6 is 0 Å². The van der Waals surface area contributed by atoms with E-state index in [9.17, 15) is 14.0 Å². The number of nitrogens with zero attached hydrogens (tertiary/aromatic N) is 1. The van der Waals surface area contributed by atoms with E-state index < -0.39 is 17.8 Å². The second kappa shape index (κ2) is 4.89. The highest BCUT2D eigenvalue weighted by atomic mass is 19.1. The topological polar surface area (TPSA) is 57.6 Å². The van der Waals surface area contributed by atoms with Gasteiger partial charge in [0.25, 0.3) is 0 Å². The molecule has 2 atom stereocenters. The first-order valence-corrected chi connectivity index (χ1v) is 6.84. The molecule has 0 aromatic heterocycles. The highest BCUT2D eigenvalue weighted by Gasteiger charge is 2.51. The number of aliphatic carboxylic acids is 1. The lowest BCUT2D eigenvalue weighted by Crippen LogP contribution is -2.34. The highest BCUT2D eigenvalue weighted by Crippen LogP contribution is 2.42. The van der Waals surface area contributed by atoms with Crippen LogP contribution in [0.15, 0.2) is 24.3 Å². The summed E-state index contributed by atoms with van der Waals surface area (Å²) in [4.78, 5) is 24.9. The predicted molar refractivity (Wildman–Crippen MR) is 69.2 cm³/mol. The van der Waals surface area contributed by atoms with Crippen molar-refractivity contribution in [1.82, 2.24) is 4.90 Å². The molecule has 0 bridgehead atoms. The van der Waals surface area contributed by atoms with Crippen molar-refractivity contribution in [3.63, 3.8) is 0 Å². The van der Waals surface area contributed by atoms with Crippen molar-refractivity contribution in [3.8, 4) is 0 Å². The van der Waals surface area contributed by atoms with E-state index in [4.69, 9.17) is 5.11 Å². The van der Waals surface area contributed by atoms with E-state index in [1.807, 2.05) is 0 Å². The Morgan fingerprint density at radius 1 is 1.25 bits per heavy atom. The van der Waals surface area contributed by atoms with Gasteiger partial charge in [0.05, 0.1) is 11.8 Å². The van der Waals surface area contributed by atoms with Crippen LogP contribution in [0.3, 0.4) is 0 Å². The molecule has 2 saturated carbocycles. The average molecular weight is 277 g/mol. The standard InChI is InChI=1S/C15H16FNO3/c16-13-4-2-1-3-9(13)8-17(10-5-6-10)14(18)11-7-12(11)15(19)20/h1-4,10-12H,5-8H2,(H,19,20)/t11-,12+/m1/s1. The molecule has 1 amide bonds. The zero-order valence-electron chi connectivity index (χ0n) is 11.0. The summed E-state index contributed by atoms with van der Waals surface area (Å²) >= 11 is 0. The molecule has 0 heterocycles. The van der Waals surface area contributed by atoms with E-state index in [0.29, 0.717) is 12.0 Å². The van der Waals surface area contributed by atoms with Crippen LogP contribution in [0.1, 0.15) is 24.8 Å². The van der Waals surface area contributed by atoms with Gasteiger partial charge in [0, 0.05) is 18.2 Å². The maximum absolute atomic E-state index is 13.7. The maximum Gasteiger partial charge on any atom is 0.307 e. The Morgan fingerprint density at radius 3 is 2.50 bits per heavy atom. The summed E-state index contributed by atoms with van der Waals surface area (Å²) in [5, 5.41) is 8.91. The number of carbonyl (C=O) groups excluding carboxylic acids is 1. The van der Waals surface area contributed by atoms with Crippen molar-refractivity contribution in [2.45, 2.75) is 31.8 Å². The van der Waals surface area contributed by atoms with Crippen molar-refractivity contribution >= 4 is 11.9 Å². The molecule has 4 nitrogen and oxygen atoms in total. The number of amides is 1. The van der Waals surface area contributed by atoms with E-state index in [0.717, 1.165) is 12.8 Å². The average Bonchev–Trinajstić information content (AvgIpc) is 3.28. The molecule has 1 aromatic carbocycles. The molecule has 5 heteroatoms. The molecule has 0 aliphatic heterocycles. The predicted octanol–water partition coefficient (Wildman–Crippen LogP) is 2.04. The smallest absolute Gasteiger partial charge is 0.307 e. The van der Waals surface area contributed by atoms with Crippen molar-refractivity contribution in [2.75, 3.05) is 0 Å². The third-order valence-corrected chi connectivity index (χ3v) is 3.99. The fraction of sp³-hybridized carbons (Fsp3) is 0.467. The normalized spacial score (nSPS) is 24.2. The van der Waals surface area contributed by atoms with Crippen LogP contribution in [0.2, 0.25) is 0 Å². The van der Waals surface area contributed by atoms with Gasteiger partial charge >= 0.3 is 5.97 Å². The first-order valence-electron chi connectivity index (χ1n) is 6.84. The molecule has 0 unspecified atom stereocenters. The molecule has 0 spiro atoms. The molecule has 20 heavy (non-hydrogen) atoms. The van der Waals surface area contributed by atoms with Gasteiger partial charge in [0.1, 0.15) is 5.82 Å². The maximum atomic E-state index is 13.7. The minimum Gasteiger partial charge on any atom is -0.481 e. The van der Waals surface area contributed by atoms with Gasteiger partial charge in [-0.25, -0.2) is 4.39 Å². The number of benzene rings is 1.